The molecule has 0 aliphatic rings. The zero-order chi connectivity index (χ0) is 17.9. The lowest BCUT2D eigenvalue weighted by Gasteiger charge is -2.06. The SMILES string of the molecule is CCn1nccc1-c1csc(S(=O)(=O)NCc2ccc(OC)cc2)c1. The van der Waals surface area contributed by atoms with Crippen LogP contribution in [0.5, 0.6) is 5.75 Å². The van der Waals surface area contributed by atoms with Crippen LogP contribution in [0, 0.1) is 0 Å². The number of benzene rings is 1. The van der Waals surface area contributed by atoms with Crippen molar-refractivity contribution in [1.82, 2.24) is 14.5 Å². The number of aryl methyl sites for hydroxylation is 1. The first-order valence-electron chi connectivity index (χ1n) is 7.77. The number of sulfonamides is 1. The van der Waals surface area contributed by atoms with Crippen LogP contribution in [-0.2, 0) is 23.1 Å². The first-order valence-corrected chi connectivity index (χ1v) is 10.1. The van der Waals surface area contributed by atoms with E-state index in [1.165, 1.54) is 11.3 Å². The molecule has 132 valence electrons. The molecule has 0 aliphatic heterocycles. The number of methoxy groups -OCH3 is 1. The Morgan fingerprint density at radius 3 is 2.68 bits per heavy atom. The van der Waals surface area contributed by atoms with Gasteiger partial charge in [0.2, 0.25) is 10.0 Å². The zero-order valence-electron chi connectivity index (χ0n) is 14.0. The predicted octanol–water partition coefficient (Wildman–Crippen LogP) is 3.12. The number of rotatable bonds is 7. The summed E-state index contributed by atoms with van der Waals surface area (Å²) in [7, 11) is -1.96. The van der Waals surface area contributed by atoms with Crippen molar-refractivity contribution in [3.05, 3.63) is 53.5 Å². The van der Waals surface area contributed by atoms with Crippen molar-refractivity contribution in [2.75, 3.05) is 7.11 Å². The first kappa shape index (κ1) is 17.7. The van der Waals surface area contributed by atoms with Crippen LogP contribution in [0.3, 0.4) is 0 Å². The van der Waals surface area contributed by atoms with Crippen molar-refractivity contribution in [1.29, 1.82) is 0 Å². The normalized spacial score (nSPS) is 11.6. The van der Waals surface area contributed by atoms with Crippen LogP contribution >= 0.6 is 11.3 Å². The van der Waals surface area contributed by atoms with Crippen LogP contribution in [-0.4, -0.2) is 25.3 Å². The molecule has 3 aromatic rings. The molecule has 0 spiro atoms. The fraction of sp³-hybridized carbons (Fsp3) is 0.235. The van der Waals surface area contributed by atoms with E-state index < -0.39 is 10.0 Å². The van der Waals surface area contributed by atoms with Crippen molar-refractivity contribution < 1.29 is 13.2 Å². The van der Waals surface area contributed by atoms with E-state index in [1.54, 1.807) is 31.5 Å². The number of hydrogen-bond acceptors (Lipinski definition) is 5. The van der Waals surface area contributed by atoms with E-state index in [0.717, 1.165) is 29.1 Å². The van der Waals surface area contributed by atoms with E-state index in [-0.39, 0.29) is 6.54 Å². The first-order chi connectivity index (χ1) is 12.0. The fourth-order valence-electron chi connectivity index (χ4n) is 2.41. The second-order valence-electron chi connectivity index (χ2n) is 5.36. The lowest BCUT2D eigenvalue weighted by atomic mass is 10.2. The smallest absolute Gasteiger partial charge is 0.250 e. The highest BCUT2D eigenvalue weighted by Crippen LogP contribution is 2.28. The lowest BCUT2D eigenvalue weighted by molar-refractivity contribution is 0.414. The molecular weight excluding hydrogens is 358 g/mol. The van der Waals surface area contributed by atoms with Crippen molar-refractivity contribution in [3.63, 3.8) is 0 Å². The molecule has 0 aliphatic carbocycles. The maximum Gasteiger partial charge on any atom is 0.250 e. The largest absolute Gasteiger partial charge is 0.497 e. The van der Waals surface area contributed by atoms with Gasteiger partial charge in [-0.1, -0.05) is 12.1 Å². The Bertz CT molecular complexity index is 944. The van der Waals surface area contributed by atoms with Gasteiger partial charge in [-0.2, -0.15) is 5.10 Å². The van der Waals surface area contributed by atoms with E-state index in [0.29, 0.717) is 4.21 Å². The number of hydrogen-bond donors (Lipinski definition) is 1. The van der Waals surface area contributed by atoms with Gasteiger partial charge in [-0.15, -0.1) is 11.3 Å². The molecule has 0 radical (unpaired) electrons. The van der Waals surface area contributed by atoms with Gasteiger partial charge in [0.25, 0.3) is 0 Å². The van der Waals surface area contributed by atoms with E-state index >= 15 is 0 Å². The maximum atomic E-state index is 12.5. The summed E-state index contributed by atoms with van der Waals surface area (Å²) in [6.07, 6.45) is 1.71. The second kappa shape index (κ2) is 7.38. The Labute approximate surface area is 151 Å². The minimum absolute atomic E-state index is 0.229. The Morgan fingerprint density at radius 2 is 2.00 bits per heavy atom. The van der Waals surface area contributed by atoms with Crippen molar-refractivity contribution in [2.24, 2.45) is 0 Å². The van der Waals surface area contributed by atoms with Gasteiger partial charge >= 0.3 is 0 Å². The van der Waals surface area contributed by atoms with Gasteiger partial charge in [0, 0.05) is 30.2 Å². The van der Waals surface area contributed by atoms with Gasteiger partial charge in [0.05, 0.1) is 12.8 Å². The third-order valence-electron chi connectivity index (χ3n) is 3.78. The molecule has 6 nitrogen and oxygen atoms in total. The number of ether oxygens (including phenoxy) is 1. The summed E-state index contributed by atoms with van der Waals surface area (Å²) in [4.78, 5) is 0. The topological polar surface area (TPSA) is 73.2 Å². The van der Waals surface area contributed by atoms with Crippen molar-refractivity contribution in [2.45, 2.75) is 24.2 Å². The van der Waals surface area contributed by atoms with Crippen LogP contribution in [0.15, 0.2) is 52.2 Å². The van der Waals surface area contributed by atoms with Crippen molar-refractivity contribution >= 4 is 21.4 Å². The number of nitrogens with one attached hydrogen (secondary N) is 1. The van der Waals surface area contributed by atoms with Gasteiger partial charge in [-0.3, -0.25) is 4.68 Å². The summed E-state index contributed by atoms with van der Waals surface area (Å²) in [5, 5.41) is 6.06. The minimum Gasteiger partial charge on any atom is -0.497 e. The highest BCUT2D eigenvalue weighted by molar-refractivity contribution is 7.91. The summed E-state index contributed by atoms with van der Waals surface area (Å²) < 4.78 is 34.9. The monoisotopic (exact) mass is 377 g/mol. The van der Waals surface area contributed by atoms with E-state index in [1.807, 2.05) is 35.2 Å². The number of thiophene rings is 1. The van der Waals surface area contributed by atoms with E-state index in [2.05, 4.69) is 9.82 Å². The zero-order valence-corrected chi connectivity index (χ0v) is 15.6. The third-order valence-corrected chi connectivity index (χ3v) is 6.62. The number of nitrogens with zero attached hydrogens (tertiary/aromatic N) is 2. The molecule has 0 atom stereocenters. The molecule has 0 saturated heterocycles. The Hall–Kier alpha value is -2.16. The second-order valence-corrected chi connectivity index (χ2v) is 8.26. The Kier molecular flexibility index (Phi) is 5.22. The van der Waals surface area contributed by atoms with Crippen LogP contribution in [0.25, 0.3) is 11.3 Å². The molecule has 1 N–H and O–H groups in total. The standard InChI is InChI=1S/C17H19N3O3S2/c1-3-20-16(8-9-18-20)14-10-17(24-12-14)25(21,22)19-11-13-4-6-15(23-2)7-5-13/h4-10,12,19H,3,11H2,1-2H3. The van der Waals surface area contributed by atoms with Crippen LogP contribution in [0.1, 0.15) is 12.5 Å². The summed E-state index contributed by atoms with van der Waals surface area (Å²) in [5.41, 5.74) is 2.63. The summed E-state index contributed by atoms with van der Waals surface area (Å²) >= 11 is 1.20. The van der Waals surface area contributed by atoms with E-state index in [9.17, 15) is 8.42 Å². The Morgan fingerprint density at radius 1 is 1.24 bits per heavy atom. The molecule has 3 rings (SSSR count). The molecule has 0 amide bonds. The number of aromatic nitrogens is 2. The molecule has 2 heterocycles. The maximum absolute atomic E-state index is 12.5. The highest BCUT2D eigenvalue weighted by Gasteiger charge is 2.18. The van der Waals surface area contributed by atoms with Crippen LogP contribution < -0.4 is 9.46 Å². The molecule has 2 aromatic heterocycles. The van der Waals surface area contributed by atoms with Crippen LogP contribution in [0.2, 0.25) is 0 Å². The predicted molar refractivity (Wildman–Crippen MR) is 98.2 cm³/mol. The van der Waals surface area contributed by atoms with Gasteiger partial charge in [-0.05, 0) is 36.8 Å². The van der Waals surface area contributed by atoms with Crippen LogP contribution in [0.4, 0.5) is 0 Å². The average molecular weight is 377 g/mol. The van der Waals surface area contributed by atoms with E-state index in [4.69, 9.17) is 4.74 Å². The highest BCUT2D eigenvalue weighted by atomic mass is 32.2. The molecule has 0 fully saturated rings. The quantitative estimate of drug-likeness (QED) is 0.687. The van der Waals surface area contributed by atoms with Gasteiger partial charge in [0.15, 0.2) is 0 Å². The van der Waals surface area contributed by atoms with Gasteiger partial charge < -0.3 is 4.74 Å². The summed E-state index contributed by atoms with van der Waals surface area (Å²) in [6, 6.07) is 10.8. The molecule has 1 aromatic carbocycles. The molecule has 25 heavy (non-hydrogen) atoms. The molecular formula is C17H19N3O3S2. The van der Waals surface area contributed by atoms with Gasteiger partial charge in [0.1, 0.15) is 9.96 Å². The lowest BCUT2D eigenvalue weighted by Crippen LogP contribution is -2.22. The minimum atomic E-state index is -3.56. The fourth-order valence-corrected chi connectivity index (χ4v) is 4.65. The van der Waals surface area contributed by atoms with Crippen molar-refractivity contribution in [3.8, 4) is 17.0 Å². The molecule has 0 bridgehead atoms. The Balaban J connectivity index is 1.74. The molecule has 0 saturated carbocycles. The third kappa shape index (κ3) is 3.92. The average Bonchev–Trinajstić information content (AvgIpc) is 3.29. The summed E-state index contributed by atoms with van der Waals surface area (Å²) in [6.45, 7) is 2.96. The molecule has 8 heteroatoms. The van der Waals surface area contributed by atoms with Gasteiger partial charge in [-0.25, -0.2) is 13.1 Å². The molecule has 0 unspecified atom stereocenters. The summed E-state index contributed by atoms with van der Waals surface area (Å²) in [5.74, 6) is 0.738.